The van der Waals surface area contributed by atoms with Crippen molar-refractivity contribution in [2.24, 2.45) is 0 Å². The number of ether oxygens (including phenoxy) is 2. The topological polar surface area (TPSA) is 63.7 Å². The molecule has 0 fully saturated rings. The van der Waals surface area contributed by atoms with Gasteiger partial charge in [-0.3, -0.25) is 4.79 Å². The monoisotopic (exact) mass is 315 g/mol. The van der Waals surface area contributed by atoms with Crippen LogP contribution in [0.25, 0.3) is 0 Å². The Morgan fingerprint density at radius 3 is 3.00 bits per heavy atom. The molecule has 1 rings (SSSR count). The zero-order chi connectivity index (χ0) is 15.7. The molecule has 0 aliphatic heterocycles. The fourth-order valence-electron chi connectivity index (χ4n) is 1.74. The van der Waals surface area contributed by atoms with E-state index in [-0.39, 0.29) is 12.0 Å². The third kappa shape index (κ3) is 6.52. The van der Waals surface area contributed by atoms with Gasteiger partial charge in [-0.05, 0) is 13.8 Å². The fraction of sp³-hybridized carbons (Fsp3) is 0.714. The average Bonchev–Trinajstić information content (AvgIpc) is 2.92. The van der Waals surface area contributed by atoms with Crippen molar-refractivity contribution in [1.29, 1.82) is 0 Å². The molecule has 1 amide bonds. The molecule has 0 radical (unpaired) electrons. The Balaban J connectivity index is 2.40. The summed E-state index contributed by atoms with van der Waals surface area (Å²) in [5.74, 6) is 0.0403. The minimum atomic E-state index is 0.00506. The van der Waals surface area contributed by atoms with Crippen LogP contribution in [0.15, 0.2) is 5.38 Å². The molecule has 0 saturated carbocycles. The maximum atomic E-state index is 11.9. The molecule has 21 heavy (non-hydrogen) atoms. The normalized spacial score (nSPS) is 12.4. The molecule has 0 bridgehead atoms. The van der Waals surface area contributed by atoms with Crippen molar-refractivity contribution in [2.75, 3.05) is 40.5 Å². The van der Waals surface area contributed by atoms with Crippen LogP contribution in [-0.4, -0.2) is 56.3 Å². The Morgan fingerprint density at radius 2 is 2.33 bits per heavy atom. The Kier molecular flexibility index (Phi) is 8.44. The number of nitrogens with one attached hydrogen (secondary N) is 1. The van der Waals surface area contributed by atoms with Gasteiger partial charge in [0.25, 0.3) is 0 Å². The Morgan fingerprint density at radius 1 is 1.57 bits per heavy atom. The van der Waals surface area contributed by atoms with Gasteiger partial charge in [0.15, 0.2) is 0 Å². The van der Waals surface area contributed by atoms with E-state index in [9.17, 15) is 4.79 Å². The van der Waals surface area contributed by atoms with Crippen molar-refractivity contribution in [3.8, 4) is 0 Å². The lowest BCUT2D eigenvalue weighted by Crippen LogP contribution is -2.36. The van der Waals surface area contributed by atoms with Crippen LogP contribution in [-0.2, 0) is 20.8 Å². The zero-order valence-electron chi connectivity index (χ0n) is 13.2. The molecule has 0 saturated heterocycles. The van der Waals surface area contributed by atoms with Crippen molar-refractivity contribution < 1.29 is 14.3 Å². The maximum Gasteiger partial charge on any atom is 0.236 e. The Hall–Kier alpha value is -1.02. The van der Waals surface area contributed by atoms with Gasteiger partial charge in [0, 0.05) is 32.7 Å². The first kappa shape index (κ1) is 18.0. The van der Waals surface area contributed by atoms with E-state index in [2.05, 4.69) is 10.3 Å². The van der Waals surface area contributed by atoms with Crippen LogP contribution in [0.4, 0.5) is 0 Å². The summed E-state index contributed by atoms with van der Waals surface area (Å²) in [6.07, 6.45) is 0.00506. The molecule has 0 aliphatic carbocycles. The lowest BCUT2D eigenvalue weighted by atomic mass is 10.4. The van der Waals surface area contributed by atoms with Crippen LogP contribution in [0.2, 0.25) is 0 Å². The lowest BCUT2D eigenvalue weighted by Gasteiger charge is -2.16. The lowest BCUT2D eigenvalue weighted by molar-refractivity contribution is -0.129. The van der Waals surface area contributed by atoms with Crippen molar-refractivity contribution in [3.63, 3.8) is 0 Å². The number of methoxy groups -OCH3 is 1. The van der Waals surface area contributed by atoms with Crippen molar-refractivity contribution in [3.05, 3.63) is 16.1 Å². The van der Waals surface area contributed by atoms with Crippen LogP contribution in [0, 0.1) is 0 Å². The molecule has 1 unspecified atom stereocenters. The minimum Gasteiger partial charge on any atom is -0.383 e. The van der Waals surface area contributed by atoms with E-state index in [4.69, 9.17) is 9.47 Å². The standard InChI is InChI=1S/C14H25N3O3S/c1-5-20-11(2)14-16-12(10-21-14)9-17(3)13(18)8-15-6-7-19-4/h10-11,15H,5-9H2,1-4H3. The largest absolute Gasteiger partial charge is 0.383 e. The minimum absolute atomic E-state index is 0.00506. The summed E-state index contributed by atoms with van der Waals surface area (Å²) in [5, 5.41) is 5.97. The predicted molar refractivity (Wildman–Crippen MR) is 83.4 cm³/mol. The highest BCUT2D eigenvalue weighted by Crippen LogP contribution is 2.21. The highest BCUT2D eigenvalue weighted by atomic mass is 32.1. The predicted octanol–water partition coefficient (Wildman–Crippen LogP) is 1.44. The first-order valence-corrected chi connectivity index (χ1v) is 7.96. The van der Waals surface area contributed by atoms with Gasteiger partial charge in [0.1, 0.15) is 11.1 Å². The van der Waals surface area contributed by atoms with E-state index in [0.717, 1.165) is 10.7 Å². The summed E-state index contributed by atoms with van der Waals surface area (Å²) in [6.45, 7) is 6.72. The van der Waals surface area contributed by atoms with Crippen molar-refractivity contribution >= 4 is 17.2 Å². The zero-order valence-corrected chi connectivity index (χ0v) is 14.0. The highest BCUT2D eigenvalue weighted by Gasteiger charge is 2.13. The summed E-state index contributed by atoms with van der Waals surface area (Å²) >= 11 is 1.57. The van der Waals surface area contributed by atoms with Crippen LogP contribution >= 0.6 is 11.3 Å². The third-order valence-corrected chi connectivity index (χ3v) is 3.97. The number of rotatable bonds is 10. The van der Waals surface area contributed by atoms with Crippen LogP contribution < -0.4 is 5.32 Å². The van der Waals surface area contributed by atoms with Crippen LogP contribution in [0.3, 0.4) is 0 Å². The Labute approximate surface area is 130 Å². The molecule has 1 atom stereocenters. The molecule has 1 aromatic rings. The van der Waals surface area contributed by atoms with Crippen LogP contribution in [0.1, 0.15) is 30.7 Å². The second kappa shape index (κ2) is 9.83. The molecule has 1 N–H and O–H groups in total. The second-order valence-corrected chi connectivity index (χ2v) is 5.58. The number of nitrogens with zero attached hydrogens (tertiary/aromatic N) is 2. The molecule has 7 heteroatoms. The van der Waals surface area contributed by atoms with Gasteiger partial charge in [0.2, 0.25) is 5.91 Å². The van der Waals surface area contributed by atoms with Gasteiger partial charge in [0.05, 0.1) is 25.4 Å². The Bertz CT molecular complexity index is 425. The first-order chi connectivity index (χ1) is 10.1. The molecule has 120 valence electrons. The summed E-state index contributed by atoms with van der Waals surface area (Å²) in [7, 11) is 3.42. The van der Waals surface area contributed by atoms with E-state index in [1.807, 2.05) is 19.2 Å². The summed E-state index contributed by atoms with van der Waals surface area (Å²) < 4.78 is 10.4. The van der Waals surface area contributed by atoms with E-state index < -0.39 is 0 Å². The van der Waals surface area contributed by atoms with Crippen molar-refractivity contribution in [2.45, 2.75) is 26.5 Å². The molecule has 6 nitrogen and oxygen atoms in total. The van der Waals surface area contributed by atoms with Gasteiger partial charge >= 0.3 is 0 Å². The fourth-order valence-corrected chi connectivity index (χ4v) is 2.55. The van der Waals surface area contributed by atoms with Gasteiger partial charge in [-0.15, -0.1) is 11.3 Å². The number of aromatic nitrogens is 1. The first-order valence-electron chi connectivity index (χ1n) is 7.08. The molecule has 1 heterocycles. The number of hydrogen-bond acceptors (Lipinski definition) is 6. The second-order valence-electron chi connectivity index (χ2n) is 4.69. The van der Waals surface area contributed by atoms with E-state index >= 15 is 0 Å². The number of thiazole rings is 1. The number of carbonyl (C=O) groups is 1. The number of hydrogen-bond donors (Lipinski definition) is 1. The van der Waals surface area contributed by atoms with Gasteiger partial charge in [-0.2, -0.15) is 0 Å². The molecular formula is C14H25N3O3S. The summed E-state index contributed by atoms with van der Waals surface area (Å²) in [5.41, 5.74) is 0.897. The highest BCUT2D eigenvalue weighted by molar-refractivity contribution is 7.09. The maximum absolute atomic E-state index is 11.9. The molecular weight excluding hydrogens is 290 g/mol. The molecule has 0 aromatic carbocycles. The van der Waals surface area contributed by atoms with E-state index in [0.29, 0.717) is 32.8 Å². The number of likely N-dealkylation sites (N-methyl/N-ethyl adjacent to an activating group) is 1. The summed E-state index contributed by atoms with van der Waals surface area (Å²) in [4.78, 5) is 18.1. The average molecular weight is 315 g/mol. The quantitative estimate of drug-likeness (QED) is 0.662. The van der Waals surface area contributed by atoms with Gasteiger partial charge in [-0.25, -0.2) is 4.98 Å². The van der Waals surface area contributed by atoms with Gasteiger partial charge in [-0.1, -0.05) is 0 Å². The van der Waals surface area contributed by atoms with Gasteiger partial charge < -0.3 is 19.7 Å². The molecule has 0 spiro atoms. The number of carbonyl (C=O) groups excluding carboxylic acids is 1. The van der Waals surface area contributed by atoms with Crippen LogP contribution in [0.5, 0.6) is 0 Å². The van der Waals surface area contributed by atoms with E-state index in [1.54, 1.807) is 30.4 Å². The SMILES string of the molecule is CCOC(C)c1nc(CN(C)C(=O)CNCCOC)cs1. The number of amides is 1. The molecule has 1 aromatic heterocycles. The van der Waals surface area contributed by atoms with Crippen molar-refractivity contribution in [1.82, 2.24) is 15.2 Å². The third-order valence-electron chi connectivity index (χ3n) is 2.92. The smallest absolute Gasteiger partial charge is 0.236 e. The molecule has 0 aliphatic rings. The van der Waals surface area contributed by atoms with E-state index in [1.165, 1.54) is 0 Å². The summed E-state index contributed by atoms with van der Waals surface area (Å²) in [6, 6.07) is 0.